The minimum atomic E-state index is -0.551. The summed E-state index contributed by atoms with van der Waals surface area (Å²) in [5.74, 6) is 0.674. The second-order valence-electron chi connectivity index (χ2n) is 8.95. The van der Waals surface area contributed by atoms with E-state index in [4.69, 9.17) is 9.47 Å². The normalized spacial score (nSPS) is 21.5. The van der Waals surface area contributed by atoms with Gasteiger partial charge in [-0.05, 0) is 35.7 Å². The zero-order valence-corrected chi connectivity index (χ0v) is 19.5. The Balaban J connectivity index is 1.58. The maximum absolute atomic E-state index is 14.1. The molecule has 0 spiro atoms. The minimum Gasteiger partial charge on any atom is -0.454 e. The average Bonchev–Trinajstić information content (AvgIpc) is 3.33. The van der Waals surface area contributed by atoms with E-state index >= 15 is 0 Å². The first kappa shape index (κ1) is 22.3. The molecule has 0 bridgehead atoms. The summed E-state index contributed by atoms with van der Waals surface area (Å²) in [6.45, 7) is 6.27. The number of carbonyl (C=O) groups excluding carboxylic acids is 3. The van der Waals surface area contributed by atoms with E-state index < -0.39 is 12.0 Å². The van der Waals surface area contributed by atoms with Crippen molar-refractivity contribution in [1.29, 1.82) is 0 Å². The number of amides is 3. The Hall–Kier alpha value is -3.55. The van der Waals surface area contributed by atoms with Crippen LogP contribution < -0.4 is 9.47 Å². The Bertz CT molecular complexity index is 1130. The third-order valence-electron chi connectivity index (χ3n) is 6.94. The lowest BCUT2D eigenvalue weighted by molar-refractivity contribution is -0.140. The average molecular weight is 464 g/mol. The monoisotopic (exact) mass is 463 g/mol. The minimum absolute atomic E-state index is 0.0214. The fraction of sp³-hybridized carbons (Fsp3) is 0.423. The van der Waals surface area contributed by atoms with Gasteiger partial charge in [-0.1, -0.05) is 31.2 Å². The van der Waals surface area contributed by atoms with Gasteiger partial charge in [0.25, 0.3) is 5.91 Å². The molecule has 2 atom stereocenters. The number of nitrogens with zero attached hydrogens (tertiary/aromatic N) is 3. The van der Waals surface area contributed by atoms with E-state index in [2.05, 4.69) is 0 Å². The standard InChI is InChI=1S/C26H29N3O5/c1-3-10-29-24(18-8-9-21-22(15-18)34-16-33-21)23(19-6-4-5-7-20(19)25(29)31)26(32)28-13-11-27(12-14-28)17(2)30/h4-9,15,23-24H,3,10-14,16H2,1-2H3/t23-,24+/m0/s1. The molecule has 0 aliphatic carbocycles. The van der Waals surface area contributed by atoms with Crippen LogP contribution in [0.1, 0.15) is 53.7 Å². The molecule has 178 valence electrons. The first-order chi connectivity index (χ1) is 16.5. The summed E-state index contributed by atoms with van der Waals surface area (Å²) in [6, 6.07) is 12.6. The van der Waals surface area contributed by atoms with Gasteiger partial charge < -0.3 is 24.2 Å². The van der Waals surface area contributed by atoms with Crippen LogP contribution in [0.5, 0.6) is 11.5 Å². The maximum atomic E-state index is 14.1. The summed E-state index contributed by atoms with van der Waals surface area (Å²) in [7, 11) is 0. The SMILES string of the molecule is CCCN1C(=O)c2ccccc2[C@H](C(=O)N2CCN(C(C)=O)CC2)[C@H]1c1ccc2c(c1)OCO2. The molecule has 3 aliphatic heterocycles. The van der Waals surface area contributed by atoms with Crippen molar-refractivity contribution >= 4 is 17.7 Å². The number of hydrogen-bond donors (Lipinski definition) is 0. The molecule has 1 fully saturated rings. The highest BCUT2D eigenvalue weighted by molar-refractivity contribution is 6.01. The number of fused-ring (bicyclic) bond motifs is 2. The van der Waals surface area contributed by atoms with Crippen LogP contribution in [0.2, 0.25) is 0 Å². The number of benzene rings is 2. The van der Waals surface area contributed by atoms with E-state index in [1.165, 1.54) is 0 Å². The Labute approximate surface area is 199 Å². The highest BCUT2D eigenvalue weighted by Crippen LogP contribution is 2.46. The van der Waals surface area contributed by atoms with Crippen molar-refractivity contribution in [2.75, 3.05) is 39.5 Å². The van der Waals surface area contributed by atoms with Crippen molar-refractivity contribution in [1.82, 2.24) is 14.7 Å². The second kappa shape index (κ2) is 9.00. The summed E-state index contributed by atoms with van der Waals surface area (Å²) in [5, 5.41) is 0. The van der Waals surface area contributed by atoms with Crippen molar-refractivity contribution in [2.24, 2.45) is 0 Å². The first-order valence-electron chi connectivity index (χ1n) is 11.8. The van der Waals surface area contributed by atoms with Crippen LogP contribution in [0.3, 0.4) is 0 Å². The van der Waals surface area contributed by atoms with E-state index in [0.29, 0.717) is 49.8 Å². The molecule has 0 saturated carbocycles. The molecule has 0 N–H and O–H groups in total. The molecule has 3 aliphatic rings. The van der Waals surface area contributed by atoms with Crippen molar-refractivity contribution in [3.05, 3.63) is 59.2 Å². The van der Waals surface area contributed by atoms with Crippen molar-refractivity contribution in [3.8, 4) is 11.5 Å². The molecular weight excluding hydrogens is 434 g/mol. The molecule has 5 rings (SSSR count). The van der Waals surface area contributed by atoms with E-state index in [9.17, 15) is 14.4 Å². The Kier molecular flexibility index (Phi) is 5.89. The first-order valence-corrected chi connectivity index (χ1v) is 11.8. The highest BCUT2D eigenvalue weighted by Gasteiger charge is 2.45. The molecule has 0 radical (unpaired) electrons. The van der Waals surface area contributed by atoms with Gasteiger partial charge in [0.1, 0.15) is 0 Å². The molecule has 0 unspecified atom stereocenters. The molecule has 8 nitrogen and oxygen atoms in total. The molecular formula is C26H29N3O5. The van der Waals surface area contributed by atoms with E-state index in [1.807, 2.05) is 59.2 Å². The summed E-state index contributed by atoms with van der Waals surface area (Å²) >= 11 is 0. The van der Waals surface area contributed by atoms with E-state index in [1.54, 1.807) is 11.8 Å². The zero-order valence-electron chi connectivity index (χ0n) is 19.5. The van der Waals surface area contributed by atoms with Gasteiger partial charge >= 0.3 is 0 Å². The Morgan fingerprint density at radius 2 is 1.68 bits per heavy atom. The summed E-state index contributed by atoms with van der Waals surface area (Å²) < 4.78 is 11.1. The fourth-order valence-corrected chi connectivity index (χ4v) is 5.25. The lowest BCUT2D eigenvalue weighted by Gasteiger charge is -2.44. The van der Waals surface area contributed by atoms with Gasteiger partial charge in [-0.25, -0.2) is 0 Å². The van der Waals surface area contributed by atoms with Crippen LogP contribution in [-0.4, -0.2) is 71.9 Å². The number of piperazine rings is 1. The third kappa shape index (κ3) is 3.77. The van der Waals surface area contributed by atoms with Gasteiger partial charge in [0, 0.05) is 45.2 Å². The predicted octanol–water partition coefficient (Wildman–Crippen LogP) is 2.80. The van der Waals surface area contributed by atoms with Gasteiger partial charge in [0.15, 0.2) is 11.5 Å². The quantitative estimate of drug-likeness (QED) is 0.697. The lowest BCUT2D eigenvalue weighted by Crippen LogP contribution is -2.54. The van der Waals surface area contributed by atoms with Crippen LogP contribution >= 0.6 is 0 Å². The van der Waals surface area contributed by atoms with Crippen molar-refractivity contribution in [3.63, 3.8) is 0 Å². The van der Waals surface area contributed by atoms with Gasteiger partial charge in [-0.2, -0.15) is 0 Å². The zero-order chi connectivity index (χ0) is 23.8. The number of rotatable bonds is 4. The molecule has 2 aromatic rings. The largest absolute Gasteiger partial charge is 0.454 e. The van der Waals surface area contributed by atoms with Gasteiger partial charge in [-0.15, -0.1) is 0 Å². The Morgan fingerprint density at radius 1 is 0.971 bits per heavy atom. The highest BCUT2D eigenvalue weighted by atomic mass is 16.7. The summed E-state index contributed by atoms with van der Waals surface area (Å²) in [5.41, 5.74) is 2.18. The van der Waals surface area contributed by atoms with Gasteiger partial charge in [0.05, 0.1) is 12.0 Å². The predicted molar refractivity (Wildman–Crippen MR) is 125 cm³/mol. The van der Waals surface area contributed by atoms with Gasteiger partial charge in [-0.3, -0.25) is 14.4 Å². The third-order valence-corrected chi connectivity index (χ3v) is 6.94. The van der Waals surface area contributed by atoms with Crippen molar-refractivity contribution < 1.29 is 23.9 Å². The number of ether oxygens (including phenoxy) is 2. The Morgan fingerprint density at radius 3 is 2.41 bits per heavy atom. The smallest absolute Gasteiger partial charge is 0.254 e. The van der Waals surface area contributed by atoms with Crippen molar-refractivity contribution in [2.45, 2.75) is 32.2 Å². The lowest BCUT2D eigenvalue weighted by atomic mass is 9.78. The molecule has 0 aromatic heterocycles. The van der Waals surface area contributed by atoms with E-state index in [-0.39, 0.29) is 24.5 Å². The molecule has 3 amide bonds. The number of carbonyl (C=O) groups is 3. The summed E-state index contributed by atoms with van der Waals surface area (Å²) in [4.78, 5) is 44.9. The van der Waals surface area contributed by atoms with Crippen LogP contribution in [0.25, 0.3) is 0 Å². The van der Waals surface area contributed by atoms with Crippen LogP contribution in [0, 0.1) is 0 Å². The molecule has 3 heterocycles. The van der Waals surface area contributed by atoms with Crippen LogP contribution in [0.4, 0.5) is 0 Å². The fourth-order valence-electron chi connectivity index (χ4n) is 5.25. The number of hydrogen-bond acceptors (Lipinski definition) is 5. The molecule has 34 heavy (non-hydrogen) atoms. The maximum Gasteiger partial charge on any atom is 0.254 e. The van der Waals surface area contributed by atoms with E-state index in [0.717, 1.165) is 17.5 Å². The van der Waals surface area contributed by atoms with Crippen LogP contribution in [0.15, 0.2) is 42.5 Å². The molecule has 1 saturated heterocycles. The molecule has 2 aromatic carbocycles. The topological polar surface area (TPSA) is 79.4 Å². The molecule has 8 heteroatoms. The van der Waals surface area contributed by atoms with Gasteiger partial charge in [0.2, 0.25) is 18.6 Å². The van der Waals surface area contributed by atoms with Crippen LogP contribution in [-0.2, 0) is 9.59 Å². The summed E-state index contributed by atoms with van der Waals surface area (Å²) in [6.07, 6.45) is 0.771. The second-order valence-corrected chi connectivity index (χ2v) is 8.95.